The quantitative estimate of drug-likeness (QED) is 0.822. The van der Waals surface area contributed by atoms with Crippen LogP contribution in [0.5, 0.6) is 0 Å². The lowest BCUT2D eigenvalue weighted by Crippen LogP contribution is -2.25. The normalized spacial score (nSPS) is 13.7. The number of aliphatic hydroxyl groups is 1. The van der Waals surface area contributed by atoms with Gasteiger partial charge >= 0.3 is 0 Å². The Morgan fingerprint density at radius 2 is 2.12 bits per heavy atom. The number of hydrogen-bond acceptors (Lipinski definition) is 5. The molecule has 1 aromatic heterocycles. The van der Waals surface area contributed by atoms with Gasteiger partial charge < -0.3 is 10.4 Å². The fourth-order valence-electron chi connectivity index (χ4n) is 1.64. The monoisotopic (exact) mass is 257 g/mol. The van der Waals surface area contributed by atoms with Crippen LogP contribution in [0.2, 0.25) is 0 Å². The second-order valence-corrected chi connectivity index (χ2v) is 6.32. The second-order valence-electron chi connectivity index (χ2n) is 5.57. The molecule has 0 saturated heterocycles. The molecule has 0 spiro atoms. The number of aromatic nitrogens is 2. The molecule has 0 aliphatic rings. The summed E-state index contributed by atoms with van der Waals surface area (Å²) in [4.78, 5) is 4.35. The van der Waals surface area contributed by atoms with E-state index < -0.39 is 0 Å². The molecule has 0 aliphatic heterocycles. The molecule has 5 heteroatoms. The van der Waals surface area contributed by atoms with Gasteiger partial charge in [-0.2, -0.15) is 4.37 Å². The summed E-state index contributed by atoms with van der Waals surface area (Å²) in [7, 11) is 0. The van der Waals surface area contributed by atoms with Gasteiger partial charge in [0.2, 0.25) is 5.13 Å². The molecule has 0 aromatic carbocycles. The van der Waals surface area contributed by atoms with Crippen LogP contribution in [0.25, 0.3) is 0 Å². The van der Waals surface area contributed by atoms with Gasteiger partial charge in [-0.3, -0.25) is 0 Å². The minimum atomic E-state index is -0.339. The number of rotatable bonds is 6. The molecule has 0 amide bonds. The average molecular weight is 257 g/mol. The highest BCUT2D eigenvalue weighted by Gasteiger charge is 2.16. The Morgan fingerprint density at radius 1 is 1.41 bits per heavy atom. The molecule has 1 unspecified atom stereocenters. The molecule has 0 saturated carbocycles. The summed E-state index contributed by atoms with van der Waals surface area (Å²) in [6.07, 6.45) is 2.42. The first-order valence-corrected chi connectivity index (χ1v) is 6.92. The SMILES string of the molecule is CCCc1nsc(NCC(O)CC(C)(C)C)n1. The Labute approximate surface area is 108 Å². The number of nitrogens with one attached hydrogen (secondary N) is 1. The number of hydrogen-bond donors (Lipinski definition) is 2. The minimum absolute atomic E-state index is 0.148. The number of aryl methyl sites for hydroxylation is 1. The van der Waals surface area contributed by atoms with Crippen LogP contribution in [0.1, 0.15) is 46.4 Å². The standard InChI is InChI=1S/C12H23N3OS/c1-5-6-10-14-11(17-15-10)13-8-9(16)7-12(2,3)4/h9,16H,5-8H2,1-4H3,(H,13,14,15). The van der Waals surface area contributed by atoms with E-state index >= 15 is 0 Å². The van der Waals surface area contributed by atoms with Crippen molar-refractivity contribution in [3.63, 3.8) is 0 Å². The first kappa shape index (κ1) is 14.4. The molecule has 0 fully saturated rings. The molecule has 1 aromatic rings. The van der Waals surface area contributed by atoms with Crippen LogP contribution in [-0.4, -0.2) is 27.1 Å². The van der Waals surface area contributed by atoms with Crippen LogP contribution in [-0.2, 0) is 6.42 Å². The third-order valence-corrected chi connectivity index (χ3v) is 2.99. The molecule has 17 heavy (non-hydrogen) atoms. The predicted molar refractivity (Wildman–Crippen MR) is 72.5 cm³/mol. The largest absolute Gasteiger partial charge is 0.391 e. The summed E-state index contributed by atoms with van der Waals surface area (Å²) in [6.45, 7) is 9.03. The van der Waals surface area contributed by atoms with Crippen molar-refractivity contribution in [2.45, 2.75) is 53.1 Å². The molecule has 4 nitrogen and oxygen atoms in total. The zero-order valence-corrected chi connectivity index (χ0v) is 12.0. The lowest BCUT2D eigenvalue weighted by atomic mass is 9.89. The first-order valence-electron chi connectivity index (χ1n) is 6.15. The van der Waals surface area contributed by atoms with Crippen molar-refractivity contribution in [3.8, 4) is 0 Å². The van der Waals surface area contributed by atoms with Crippen LogP contribution in [0.3, 0.4) is 0 Å². The molecule has 1 rings (SSSR count). The highest BCUT2D eigenvalue weighted by Crippen LogP contribution is 2.21. The summed E-state index contributed by atoms with van der Waals surface area (Å²) in [5, 5.41) is 13.8. The maximum absolute atomic E-state index is 9.85. The van der Waals surface area contributed by atoms with E-state index in [4.69, 9.17) is 0 Å². The molecule has 0 aliphatic carbocycles. The van der Waals surface area contributed by atoms with Crippen LogP contribution in [0.15, 0.2) is 0 Å². The van der Waals surface area contributed by atoms with E-state index in [2.05, 4.69) is 42.4 Å². The van der Waals surface area contributed by atoms with Crippen LogP contribution in [0, 0.1) is 5.41 Å². The summed E-state index contributed by atoms with van der Waals surface area (Å²) in [5.74, 6) is 0.894. The van der Waals surface area contributed by atoms with Gasteiger partial charge in [-0.15, -0.1) is 0 Å². The Morgan fingerprint density at radius 3 is 2.71 bits per heavy atom. The Balaban J connectivity index is 2.34. The highest BCUT2D eigenvalue weighted by atomic mass is 32.1. The second kappa shape index (κ2) is 6.31. The first-order chi connectivity index (χ1) is 7.90. The van der Waals surface area contributed by atoms with Gasteiger partial charge in [0, 0.05) is 24.5 Å². The van der Waals surface area contributed by atoms with Gasteiger partial charge in [0.05, 0.1) is 6.10 Å². The molecule has 98 valence electrons. The molecule has 2 N–H and O–H groups in total. The number of nitrogens with zero attached hydrogens (tertiary/aromatic N) is 2. The van der Waals surface area contributed by atoms with Gasteiger partial charge in [-0.25, -0.2) is 4.98 Å². The van der Waals surface area contributed by atoms with Crippen molar-refractivity contribution in [3.05, 3.63) is 5.82 Å². The minimum Gasteiger partial charge on any atom is -0.391 e. The topological polar surface area (TPSA) is 58.0 Å². The molecule has 1 atom stereocenters. The average Bonchev–Trinajstić information content (AvgIpc) is 2.61. The van der Waals surface area contributed by atoms with Gasteiger partial charge in [-0.1, -0.05) is 27.7 Å². The summed E-state index contributed by atoms with van der Waals surface area (Å²) in [6, 6.07) is 0. The van der Waals surface area contributed by atoms with Crippen LogP contribution in [0.4, 0.5) is 5.13 Å². The van der Waals surface area contributed by atoms with Gasteiger partial charge in [0.15, 0.2) is 0 Å². The summed E-state index contributed by atoms with van der Waals surface area (Å²) >= 11 is 1.37. The third-order valence-electron chi connectivity index (χ3n) is 2.28. The van der Waals surface area contributed by atoms with E-state index in [1.54, 1.807) is 0 Å². The van der Waals surface area contributed by atoms with Crippen molar-refractivity contribution in [1.82, 2.24) is 9.36 Å². The smallest absolute Gasteiger partial charge is 0.202 e. The van der Waals surface area contributed by atoms with Crippen molar-refractivity contribution in [2.75, 3.05) is 11.9 Å². The zero-order chi connectivity index (χ0) is 12.9. The summed E-state index contributed by atoms with van der Waals surface area (Å²) < 4.78 is 4.24. The molecular weight excluding hydrogens is 234 g/mol. The van der Waals surface area contributed by atoms with Crippen molar-refractivity contribution in [2.24, 2.45) is 5.41 Å². The predicted octanol–water partition coefficient (Wildman–Crippen LogP) is 2.70. The van der Waals surface area contributed by atoms with E-state index in [1.807, 2.05) is 0 Å². The number of aliphatic hydroxyl groups excluding tert-OH is 1. The highest BCUT2D eigenvalue weighted by molar-refractivity contribution is 7.09. The van der Waals surface area contributed by atoms with E-state index in [-0.39, 0.29) is 11.5 Å². The Kier molecular flexibility index (Phi) is 5.33. The Hall–Kier alpha value is -0.680. The Bertz CT molecular complexity index is 333. The van der Waals surface area contributed by atoms with E-state index in [9.17, 15) is 5.11 Å². The molecular formula is C12H23N3OS. The van der Waals surface area contributed by atoms with Crippen LogP contribution >= 0.6 is 11.5 Å². The van der Waals surface area contributed by atoms with Crippen molar-refractivity contribution >= 4 is 16.7 Å². The molecule has 0 bridgehead atoms. The lowest BCUT2D eigenvalue weighted by molar-refractivity contribution is 0.132. The third kappa shape index (κ3) is 5.98. The molecule has 1 heterocycles. The fraction of sp³-hybridized carbons (Fsp3) is 0.833. The van der Waals surface area contributed by atoms with Crippen molar-refractivity contribution < 1.29 is 5.11 Å². The lowest BCUT2D eigenvalue weighted by Gasteiger charge is -2.22. The van der Waals surface area contributed by atoms with E-state index in [0.717, 1.165) is 30.2 Å². The maximum atomic E-state index is 9.85. The fourth-order valence-corrected chi connectivity index (χ4v) is 2.25. The number of anilines is 1. The van der Waals surface area contributed by atoms with Gasteiger partial charge in [0.25, 0.3) is 0 Å². The van der Waals surface area contributed by atoms with E-state index in [0.29, 0.717) is 6.54 Å². The van der Waals surface area contributed by atoms with E-state index in [1.165, 1.54) is 11.5 Å². The van der Waals surface area contributed by atoms with Gasteiger partial charge in [-0.05, 0) is 18.3 Å². The maximum Gasteiger partial charge on any atom is 0.202 e. The summed E-state index contributed by atoms with van der Waals surface area (Å²) in [5.41, 5.74) is 0.148. The zero-order valence-electron chi connectivity index (χ0n) is 11.2. The van der Waals surface area contributed by atoms with Crippen molar-refractivity contribution in [1.29, 1.82) is 0 Å². The van der Waals surface area contributed by atoms with Gasteiger partial charge in [0.1, 0.15) is 5.82 Å². The van der Waals surface area contributed by atoms with Crippen LogP contribution < -0.4 is 5.32 Å². The molecule has 0 radical (unpaired) electrons.